The van der Waals surface area contributed by atoms with Crippen LogP contribution in [-0.2, 0) is 0 Å². The molecular formula is C12H23F3. The first-order chi connectivity index (χ1) is 6.87. The Morgan fingerprint density at radius 1 is 0.800 bits per heavy atom. The fraction of sp³-hybridized carbons (Fsp3) is 1.00. The van der Waals surface area contributed by atoms with Crippen molar-refractivity contribution in [3.8, 4) is 0 Å². The van der Waals surface area contributed by atoms with E-state index in [-0.39, 0.29) is 12.8 Å². The van der Waals surface area contributed by atoms with Crippen LogP contribution in [0.25, 0.3) is 0 Å². The van der Waals surface area contributed by atoms with Gasteiger partial charge in [-0.15, -0.1) is 0 Å². The average molecular weight is 224 g/mol. The van der Waals surface area contributed by atoms with Crippen LogP contribution in [0.2, 0.25) is 0 Å². The van der Waals surface area contributed by atoms with Crippen molar-refractivity contribution in [3.63, 3.8) is 0 Å². The first-order valence-electron chi connectivity index (χ1n) is 5.94. The fourth-order valence-electron chi connectivity index (χ4n) is 1.90. The Labute approximate surface area is 91.3 Å². The fourth-order valence-corrected chi connectivity index (χ4v) is 1.90. The Hall–Kier alpha value is -0.210. The first-order valence-corrected chi connectivity index (χ1v) is 5.94. The molecule has 0 aromatic carbocycles. The minimum absolute atomic E-state index is 0.253. The van der Waals surface area contributed by atoms with E-state index >= 15 is 0 Å². The summed E-state index contributed by atoms with van der Waals surface area (Å²) in [5.41, 5.74) is -1.46. The van der Waals surface area contributed by atoms with E-state index in [0.717, 1.165) is 19.3 Å². The van der Waals surface area contributed by atoms with Gasteiger partial charge in [0.2, 0.25) is 0 Å². The van der Waals surface area contributed by atoms with Crippen LogP contribution >= 0.6 is 0 Å². The number of hydrogen-bond acceptors (Lipinski definition) is 0. The third-order valence-corrected chi connectivity index (χ3v) is 3.07. The normalized spacial score (nSPS) is 16.4. The molecule has 3 heteroatoms. The van der Waals surface area contributed by atoms with Crippen molar-refractivity contribution >= 4 is 0 Å². The van der Waals surface area contributed by atoms with Crippen molar-refractivity contribution in [1.82, 2.24) is 0 Å². The standard InChI is InChI=1S/C12H23F3/c1-4-6-7-8-10-11(3,9-5-2)12(13,14)15/h4-10H2,1-3H3. The van der Waals surface area contributed by atoms with Crippen LogP contribution in [0, 0.1) is 5.41 Å². The molecular weight excluding hydrogens is 201 g/mol. The number of rotatable bonds is 7. The highest BCUT2D eigenvalue weighted by Gasteiger charge is 2.49. The smallest absolute Gasteiger partial charge is 0.171 e. The van der Waals surface area contributed by atoms with Crippen LogP contribution in [0.1, 0.15) is 65.7 Å². The molecule has 1 atom stereocenters. The molecule has 0 aliphatic rings. The molecule has 0 saturated carbocycles. The summed E-state index contributed by atoms with van der Waals surface area (Å²) in [5, 5.41) is 0. The van der Waals surface area contributed by atoms with E-state index in [2.05, 4.69) is 6.92 Å². The van der Waals surface area contributed by atoms with Crippen LogP contribution in [0.3, 0.4) is 0 Å². The summed E-state index contributed by atoms with van der Waals surface area (Å²) in [4.78, 5) is 0. The molecule has 0 rings (SSSR count). The maximum absolute atomic E-state index is 12.8. The van der Waals surface area contributed by atoms with E-state index in [1.54, 1.807) is 0 Å². The van der Waals surface area contributed by atoms with Gasteiger partial charge in [-0.1, -0.05) is 52.9 Å². The van der Waals surface area contributed by atoms with E-state index in [4.69, 9.17) is 0 Å². The van der Waals surface area contributed by atoms with Gasteiger partial charge in [0.05, 0.1) is 5.41 Å². The molecule has 0 N–H and O–H groups in total. The zero-order chi connectivity index (χ0) is 11.9. The van der Waals surface area contributed by atoms with Gasteiger partial charge in [-0.2, -0.15) is 13.2 Å². The molecule has 0 aromatic heterocycles. The van der Waals surface area contributed by atoms with Crippen LogP contribution < -0.4 is 0 Å². The first kappa shape index (κ1) is 14.8. The number of halogens is 3. The Bertz CT molecular complexity index is 163. The molecule has 0 bridgehead atoms. The molecule has 0 spiro atoms. The second-order valence-electron chi connectivity index (χ2n) is 4.62. The van der Waals surface area contributed by atoms with Crippen molar-refractivity contribution in [2.75, 3.05) is 0 Å². The molecule has 0 heterocycles. The van der Waals surface area contributed by atoms with Gasteiger partial charge in [-0.3, -0.25) is 0 Å². The molecule has 1 unspecified atom stereocenters. The molecule has 0 fully saturated rings. The largest absolute Gasteiger partial charge is 0.394 e. The second kappa shape index (κ2) is 6.39. The minimum Gasteiger partial charge on any atom is -0.171 e. The van der Waals surface area contributed by atoms with Crippen LogP contribution in [-0.4, -0.2) is 6.18 Å². The molecule has 15 heavy (non-hydrogen) atoms. The third-order valence-electron chi connectivity index (χ3n) is 3.07. The molecule has 0 aromatic rings. The van der Waals surface area contributed by atoms with E-state index in [9.17, 15) is 13.2 Å². The summed E-state index contributed by atoms with van der Waals surface area (Å²) >= 11 is 0. The summed E-state index contributed by atoms with van der Waals surface area (Å²) in [5.74, 6) is 0. The Kier molecular flexibility index (Phi) is 6.30. The molecule has 0 amide bonds. The van der Waals surface area contributed by atoms with Crippen molar-refractivity contribution in [1.29, 1.82) is 0 Å². The molecule has 0 saturated heterocycles. The second-order valence-corrected chi connectivity index (χ2v) is 4.62. The number of alkyl halides is 3. The molecule has 92 valence electrons. The highest BCUT2D eigenvalue weighted by Crippen LogP contribution is 2.45. The monoisotopic (exact) mass is 224 g/mol. The van der Waals surface area contributed by atoms with Crippen LogP contribution in [0.15, 0.2) is 0 Å². The van der Waals surface area contributed by atoms with Crippen molar-refractivity contribution in [2.24, 2.45) is 5.41 Å². The van der Waals surface area contributed by atoms with E-state index in [1.807, 2.05) is 6.92 Å². The lowest BCUT2D eigenvalue weighted by atomic mass is 9.80. The maximum Gasteiger partial charge on any atom is 0.394 e. The molecule has 0 aliphatic heterocycles. The van der Waals surface area contributed by atoms with Gasteiger partial charge in [0.25, 0.3) is 0 Å². The lowest BCUT2D eigenvalue weighted by molar-refractivity contribution is -0.223. The Morgan fingerprint density at radius 2 is 1.40 bits per heavy atom. The van der Waals surface area contributed by atoms with Crippen molar-refractivity contribution in [3.05, 3.63) is 0 Å². The van der Waals surface area contributed by atoms with Gasteiger partial charge in [-0.05, 0) is 12.8 Å². The maximum atomic E-state index is 12.8. The zero-order valence-electron chi connectivity index (χ0n) is 10.1. The quantitative estimate of drug-likeness (QED) is 0.513. The highest BCUT2D eigenvalue weighted by molar-refractivity contribution is 4.81. The summed E-state index contributed by atoms with van der Waals surface area (Å²) in [7, 11) is 0. The minimum atomic E-state index is -4.05. The summed E-state index contributed by atoms with van der Waals surface area (Å²) in [6, 6.07) is 0. The van der Waals surface area contributed by atoms with Crippen molar-refractivity contribution in [2.45, 2.75) is 71.9 Å². The zero-order valence-corrected chi connectivity index (χ0v) is 10.1. The van der Waals surface area contributed by atoms with Crippen LogP contribution in [0.4, 0.5) is 13.2 Å². The predicted molar refractivity (Wildman–Crippen MR) is 57.8 cm³/mol. The highest BCUT2D eigenvalue weighted by atomic mass is 19.4. The number of hydrogen-bond donors (Lipinski definition) is 0. The lowest BCUT2D eigenvalue weighted by Gasteiger charge is -2.31. The Balaban J connectivity index is 4.14. The summed E-state index contributed by atoms with van der Waals surface area (Å²) < 4.78 is 38.4. The van der Waals surface area contributed by atoms with Gasteiger partial charge >= 0.3 is 6.18 Å². The topological polar surface area (TPSA) is 0 Å². The predicted octanol–water partition coefficient (Wildman–Crippen LogP) is 5.33. The summed E-state index contributed by atoms with van der Waals surface area (Å²) in [6.07, 6.45) is 0.818. The molecule has 0 radical (unpaired) electrons. The number of unbranched alkanes of at least 4 members (excludes halogenated alkanes) is 3. The van der Waals surface area contributed by atoms with E-state index in [1.165, 1.54) is 6.92 Å². The lowest BCUT2D eigenvalue weighted by Crippen LogP contribution is -2.35. The average Bonchev–Trinajstić information content (AvgIpc) is 2.11. The molecule has 0 aliphatic carbocycles. The van der Waals surface area contributed by atoms with Crippen molar-refractivity contribution < 1.29 is 13.2 Å². The van der Waals surface area contributed by atoms with Gasteiger partial charge in [-0.25, -0.2) is 0 Å². The Morgan fingerprint density at radius 3 is 1.80 bits per heavy atom. The van der Waals surface area contributed by atoms with E-state index < -0.39 is 11.6 Å². The van der Waals surface area contributed by atoms with Gasteiger partial charge in [0.1, 0.15) is 0 Å². The van der Waals surface area contributed by atoms with Gasteiger partial charge < -0.3 is 0 Å². The van der Waals surface area contributed by atoms with Gasteiger partial charge in [0, 0.05) is 0 Å². The SMILES string of the molecule is CCCCCCC(C)(CCC)C(F)(F)F. The van der Waals surface area contributed by atoms with Gasteiger partial charge in [0.15, 0.2) is 0 Å². The van der Waals surface area contributed by atoms with Crippen LogP contribution in [0.5, 0.6) is 0 Å². The third kappa shape index (κ3) is 4.89. The summed E-state index contributed by atoms with van der Waals surface area (Å²) in [6.45, 7) is 5.24. The molecule has 0 nitrogen and oxygen atoms in total. The van der Waals surface area contributed by atoms with E-state index in [0.29, 0.717) is 12.8 Å².